The molecule has 0 unspecified atom stereocenters. The molecule has 0 aromatic heterocycles. The molecule has 0 aliphatic heterocycles. The number of benzene rings is 1. The Hall–Kier alpha value is -1.82. The number of hydrogen-bond acceptors (Lipinski definition) is 3. The maximum absolute atomic E-state index is 11.5. The van der Waals surface area contributed by atoms with Crippen LogP contribution in [0.4, 0.5) is 0 Å². The highest BCUT2D eigenvalue weighted by Crippen LogP contribution is 2.10. The van der Waals surface area contributed by atoms with Gasteiger partial charge in [-0.15, -0.1) is 6.58 Å². The smallest absolute Gasteiger partial charge is 0.193 e. The zero-order chi connectivity index (χ0) is 18.0. The van der Waals surface area contributed by atoms with Gasteiger partial charge in [-0.05, 0) is 37.0 Å². The summed E-state index contributed by atoms with van der Waals surface area (Å²) in [5.41, 5.74) is 1.02. The van der Waals surface area contributed by atoms with Crippen molar-refractivity contribution in [2.24, 2.45) is 4.99 Å². The molecule has 0 aliphatic carbocycles. The number of unbranched alkanes of at least 4 members (excludes halogenated alkanes) is 3. The summed E-state index contributed by atoms with van der Waals surface area (Å²) < 4.78 is 22.9. The molecule has 0 bridgehead atoms. The highest BCUT2D eigenvalue weighted by atomic mass is 32.2. The molecule has 1 rings (SSSR count). The summed E-state index contributed by atoms with van der Waals surface area (Å²) in [6, 6.07) is 6.93. The maximum Gasteiger partial charge on any atom is 0.193 e. The first-order valence-corrected chi connectivity index (χ1v) is 10.1. The Morgan fingerprint density at radius 1 is 1.25 bits per heavy atom. The van der Waals surface area contributed by atoms with E-state index < -0.39 is 9.84 Å². The van der Waals surface area contributed by atoms with Crippen molar-refractivity contribution < 1.29 is 8.42 Å². The van der Waals surface area contributed by atoms with E-state index in [1.54, 1.807) is 19.2 Å². The first-order valence-electron chi connectivity index (χ1n) is 8.20. The molecule has 1 N–H and O–H groups in total. The number of rotatable bonds is 9. The van der Waals surface area contributed by atoms with Crippen molar-refractivity contribution >= 4 is 15.8 Å². The molecular weight excluding hydrogens is 322 g/mol. The van der Waals surface area contributed by atoms with Gasteiger partial charge in [0.1, 0.15) is 0 Å². The third-order valence-electron chi connectivity index (χ3n) is 3.78. The van der Waals surface area contributed by atoms with E-state index in [-0.39, 0.29) is 0 Å². The number of hydrogen-bond donors (Lipinski definition) is 1. The molecule has 0 aliphatic rings. The predicted molar refractivity (Wildman–Crippen MR) is 101 cm³/mol. The van der Waals surface area contributed by atoms with Gasteiger partial charge in [0.15, 0.2) is 15.8 Å². The average Bonchev–Trinajstić information content (AvgIpc) is 2.55. The quantitative estimate of drug-likeness (QED) is 0.322. The molecule has 134 valence electrons. The average molecular weight is 352 g/mol. The lowest BCUT2D eigenvalue weighted by Crippen LogP contribution is -2.39. The van der Waals surface area contributed by atoms with Crippen molar-refractivity contribution in [1.29, 1.82) is 0 Å². The van der Waals surface area contributed by atoms with E-state index in [2.05, 4.69) is 21.8 Å². The maximum atomic E-state index is 11.5. The molecule has 0 saturated carbocycles. The van der Waals surface area contributed by atoms with Gasteiger partial charge in [-0.25, -0.2) is 8.42 Å². The van der Waals surface area contributed by atoms with E-state index in [0.29, 0.717) is 11.4 Å². The van der Waals surface area contributed by atoms with Gasteiger partial charge >= 0.3 is 0 Å². The van der Waals surface area contributed by atoms with Crippen LogP contribution in [0.25, 0.3) is 0 Å². The number of nitrogens with zero attached hydrogens (tertiary/aromatic N) is 2. The van der Waals surface area contributed by atoms with Gasteiger partial charge < -0.3 is 10.2 Å². The molecule has 1 aromatic carbocycles. The largest absolute Gasteiger partial charge is 0.352 e. The van der Waals surface area contributed by atoms with Gasteiger partial charge in [0.25, 0.3) is 0 Å². The van der Waals surface area contributed by atoms with Crippen LogP contribution in [0.3, 0.4) is 0 Å². The number of guanidine groups is 1. The molecule has 0 saturated heterocycles. The van der Waals surface area contributed by atoms with Gasteiger partial charge in [0.2, 0.25) is 0 Å². The summed E-state index contributed by atoms with van der Waals surface area (Å²) in [6.07, 6.45) is 7.72. The summed E-state index contributed by atoms with van der Waals surface area (Å²) in [6.45, 7) is 5.29. The normalized spacial score (nSPS) is 12.0. The van der Waals surface area contributed by atoms with E-state index in [0.717, 1.165) is 30.9 Å². The molecule has 0 amide bonds. The van der Waals surface area contributed by atoms with E-state index in [9.17, 15) is 8.42 Å². The van der Waals surface area contributed by atoms with Gasteiger partial charge in [-0.3, -0.25) is 4.99 Å². The van der Waals surface area contributed by atoms with Crippen LogP contribution in [0.5, 0.6) is 0 Å². The van der Waals surface area contributed by atoms with E-state index in [4.69, 9.17) is 0 Å². The third-order valence-corrected chi connectivity index (χ3v) is 4.91. The van der Waals surface area contributed by atoms with Crippen LogP contribution in [0.2, 0.25) is 0 Å². The Balaban J connectivity index is 2.47. The Kier molecular flexibility index (Phi) is 8.54. The second-order valence-electron chi connectivity index (χ2n) is 5.88. The second kappa shape index (κ2) is 10.1. The molecule has 0 atom stereocenters. The first-order chi connectivity index (χ1) is 11.4. The highest BCUT2D eigenvalue weighted by Gasteiger charge is 2.08. The monoisotopic (exact) mass is 351 g/mol. The number of sulfone groups is 1. The molecule has 0 spiro atoms. The van der Waals surface area contributed by atoms with Crippen LogP contribution >= 0.6 is 0 Å². The van der Waals surface area contributed by atoms with Crippen molar-refractivity contribution in [2.45, 2.75) is 37.1 Å². The van der Waals surface area contributed by atoms with Crippen LogP contribution in [0.15, 0.2) is 46.8 Å². The van der Waals surface area contributed by atoms with Crippen LogP contribution < -0.4 is 5.32 Å². The lowest BCUT2D eigenvalue weighted by atomic mass is 10.2. The van der Waals surface area contributed by atoms with Crippen LogP contribution in [-0.2, 0) is 16.4 Å². The topological polar surface area (TPSA) is 61.8 Å². The molecule has 0 fully saturated rings. The minimum atomic E-state index is -3.14. The highest BCUT2D eigenvalue weighted by molar-refractivity contribution is 7.90. The minimum Gasteiger partial charge on any atom is -0.352 e. The Morgan fingerprint density at radius 3 is 2.46 bits per heavy atom. The molecule has 24 heavy (non-hydrogen) atoms. The Morgan fingerprint density at radius 2 is 1.92 bits per heavy atom. The lowest BCUT2D eigenvalue weighted by molar-refractivity contribution is 0.455. The molecule has 1 aromatic rings. The fourth-order valence-electron chi connectivity index (χ4n) is 2.34. The Labute approximate surface area is 146 Å². The van der Waals surface area contributed by atoms with Crippen LogP contribution in [-0.4, -0.2) is 46.2 Å². The van der Waals surface area contributed by atoms with Gasteiger partial charge in [-0.1, -0.05) is 24.6 Å². The summed E-state index contributed by atoms with van der Waals surface area (Å²) in [5.74, 6) is 0.839. The van der Waals surface area contributed by atoms with Crippen molar-refractivity contribution in [1.82, 2.24) is 10.2 Å². The fourth-order valence-corrected chi connectivity index (χ4v) is 2.97. The SMILES string of the molecule is C=CCCCCCN(C)C(=NC)NCc1ccc(S(C)(=O)=O)cc1. The summed E-state index contributed by atoms with van der Waals surface area (Å²) >= 11 is 0. The van der Waals surface area contributed by atoms with Crippen molar-refractivity contribution in [3.63, 3.8) is 0 Å². The Bertz CT molecular complexity index is 637. The summed E-state index contributed by atoms with van der Waals surface area (Å²) in [4.78, 5) is 6.74. The van der Waals surface area contributed by atoms with Crippen molar-refractivity contribution in [3.8, 4) is 0 Å². The standard InChI is InChI=1S/C18H29N3O2S/c1-5-6-7-8-9-14-21(3)18(19-2)20-15-16-10-12-17(13-11-16)24(4,22)23/h5,10-13H,1,6-9,14-15H2,2-4H3,(H,19,20). The fraction of sp³-hybridized carbons (Fsp3) is 0.500. The van der Waals surface area contributed by atoms with Gasteiger partial charge in [0, 0.05) is 33.4 Å². The second-order valence-corrected chi connectivity index (χ2v) is 7.89. The van der Waals surface area contributed by atoms with Crippen LogP contribution in [0.1, 0.15) is 31.2 Å². The van der Waals surface area contributed by atoms with Crippen LogP contribution in [0, 0.1) is 0 Å². The van der Waals surface area contributed by atoms with Gasteiger partial charge in [0.05, 0.1) is 4.90 Å². The van der Waals surface area contributed by atoms with Crippen molar-refractivity contribution in [3.05, 3.63) is 42.5 Å². The number of nitrogens with one attached hydrogen (secondary N) is 1. The molecule has 0 heterocycles. The molecular formula is C18H29N3O2S. The zero-order valence-corrected chi connectivity index (χ0v) is 15.8. The zero-order valence-electron chi connectivity index (χ0n) is 15.0. The van der Waals surface area contributed by atoms with Crippen molar-refractivity contribution in [2.75, 3.05) is 26.9 Å². The lowest BCUT2D eigenvalue weighted by Gasteiger charge is -2.22. The molecule has 0 radical (unpaired) electrons. The summed E-state index contributed by atoms with van der Waals surface area (Å²) in [5, 5.41) is 3.31. The van der Waals surface area contributed by atoms with Gasteiger partial charge in [-0.2, -0.15) is 0 Å². The number of aliphatic imine (C=N–C) groups is 1. The summed E-state index contributed by atoms with van der Waals surface area (Å²) in [7, 11) is 0.646. The van der Waals surface area contributed by atoms with E-state index in [1.807, 2.05) is 25.3 Å². The minimum absolute atomic E-state index is 0.340. The number of allylic oxidation sites excluding steroid dienone is 1. The first kappa shape index (κ1) is 20.2. The third kappa shape index (κ3) is 7.17. The predicted octanol–water partition coefficient (Wildman–Crippen LogP) is 2.84. The molecule has 5 nitrogen and oxygen atoms in total. The van der Waals surface area contributed by atoms with E-state index in [1.165, 1.54) is 19.1 Å². The van der Waals surface area contributed by atoms with E-state index >= 15 is 0 Å². The molecule has 6 heteroatoms.